The maximum atomic E-state index is 13.3. The van der Waals surface area contributed by atoms with Crippen molar-refractivity contribution in [2.45, 2.75) is 40.2 Å². The van der Waals surface area contributed by atoms with Gasteiger partial charge in [0.15, 0.2) is 0 Å². The molecule has 1 unspecified atom stereocenters. The summed E-state index contributed by atoms with van der Waals surface area (Å²) < 4.78 is 5.76. The predicted octanol–water partition coefficient (Wildman–Crippen LogP) is 4.61. The van der Waals surface area contributed by atoms with Crippen LogP contribution in [0.5, 0.6) is 5.75 Å². The van der Waals surface area contributed by atoms with Crippen LogP contribution in [0, 0.1) is 6.92 Å². The Morgan fingerprint density at radius 2 is 1.69 bits per heavy atom. The van der Waals surface area contributed by atoms with Crippen molar-refractivity contribution in [2.24, 2.45) is 0 Å². The lowest BCUT2D eigenvalue weighted by atomic mass is 9.94. The Bertz CT molecular complexity index is 1100. The average Bonchev–Trinajstić information content (AvgIpc) is 3.13. The molecule has 0 radical (unpaired) electrons. The molecule has 1 amide bonds. The maximum absolute atomic E-state index is 13.3. The zero-order valence-electron chi connectivity index (χ0n) is 22.4. The molecule has 0 spiro atoms. The van der Waals surface area contributed by atoms with Crippen molar-refractivity contribution in [2.75, 3.05) is 51.8 Å². The number of anilines is 1. The van der Waals surface area contributed by atoms with Crippen LogP contribution in [0.3, 0.4) is 0 Å². The number of nitrogens with zero attached hydrogens (tertiary/aromatic N) is 3. The van der Waals surface area contributed by atoms with Crippen molar-refractivity contribution in [1.82, 2.24) is 9.80 Å². The number of hydrogen-bond acceptors (Lipinski definition) is 6. The van der Waals surface area contributed by atoms with Gasteiger partial charge in [0.05, 0.1) is 18.2 Å². The third-order valence-corrected chi connectivity index (χ3v) is 6.73. The second-order valence-electron chi connectivity index (χ2n) is 9.33. The molecule has 7 nitrogen and oxygen atoms in total. The molecule has 1 heterocycles. The summed E-state index contributed by atoms with van der Waals surface area (Å²) in [6, 6.07) is 12.5. The average molecular weight is 494 g/mol. The SMILES string of the molecule is CCCOc1ccc(C(O)=C2C(=O)C(=O)N(CCN(CC)CC)C2c2ccc(N(C)C)cc2)cc1C. The van der Waals surface area contributed by atoms with Gasteiger partial charge in [-0.3, -0.25) is 9.59 Å². The topological polar surface area (TPSA) is 73.3 Å². The fraction of sp³-hybridized carbons (Fsp3) is 0.448. The standard InChI is InChI=1S/C29H39N3O4/c1-7-18-36-24-15-12-22(19-20(24)4)27(33)25-26(21-10-13-23(14-11-21)30(5)6)32(29(35)28(25)34)17-16-31(8-2)9-3/h10-15,19,26,33H,7-9,16-18H2,1-6H3. The summed E-state index contributed by atoms with van der Waals surface area (Å²) in [6.45, 7) is 11.5. The van der Waals surface area contributed by atoms with Gasteiger partial charge in [0.25, 0.3) is 11.7 Å². The van der Waals surface area contributed by atoms with Gasteiger partial charge in [0.1, 0.15) is 11.5 Å². The molecule has 194 valence electrons. The van der Waals surface area contributed by atoms with Crippen molar-refractivity contribution in [3.63, 3.8) is 0 Å². The van der Waals surface area contributed by atoms with Crippen LogP contribution in [0.15, 0.2) is 48.0 Å². The van der Waals surface area contributed by atoms with E-state index in [2.05, 4.69) is 18.7 Å². The van der Waals surface area contributed by atoms with Gasteiger partial charge in [-0.1, -0.05) is 32.9 Å². The van der Waals surface area contributed by atoms with Gasteiger partial charge < -0.3 is 24.5 Å². The van der Waals surface area contributed by atoms with Crippen LogP contribution in [0.2, 0.25) is 0 Å². The van der Waals surface area contributed by atoms with E-state index in [1.165, 1.54) is 0 Å². The summed E-state index contributed by atoms with van der Waals surface area (Å²) in [6.07, 6.45) is 0.894. The van der Waals surface area contributed by atoms with Gasteiger partial charge in [-0.15, -0.1) is 0 Å². The summed E-state index contributed by atoms with van der Waals surface area (Å²) >= 11 is 0. The van der Waals surface area contributed by atoms with Crippen molar-refractivity contribution >= 4 is 23.1 Å². The van der Waals surface area contributed by atoms with Gasteiger partial charge in [-0.2, -0.15) is 0 Å². The quantitative estimate of drug-likeness (QED) is 0.280. The fourth-order valence-corrected chi connectivity index (χ4v) is 4.53. The summed E-state index contributed by atoms with van der Waals surface area (Å²) in [7, 11) is 3.92. The van der Waals surface area contributed by atoms with Crippen LogP contribution in [-0.4, -0.2) is 73.5 Å². The number of amides is 1. The molecular weight excluding hydrogens is 454 g/mol. The second kappa shape index (κ2) is 12.1. The first-order valence-corrected chi connectivity index (χ1v) is 12.7. The fourth-order valence-electron chi connectivity index (χ4n) is 4.53. The number of likely N-dealkylation sites (tertiary alicyclic amines) is 1. The highest BCUT2D eigenvalue weighted by atomic mass is 16.5. The number of aryl methyl sites for hydroxylation is 1. The van der Waals surface area contributed by atoms with Crippen LogP contribution in [0.4, 0.5) is 5.69 Å². The van der Waals surface area contributed by atoms with E-state index in [-0.39, 0.29) is 11.3 Å². The van der Waals surface area contributed by atoms with Gasteiger partial charge in [0, 0.05) is 38.4 Å². The summed E-state index contributed by atoms with van der Waals surface area (Å²) in [4.78, 5) is 32.3. The minimum atomic E-state index is -0.659. The number of carbonyl (C=O) groups is 2. The minimum Gasteiger partial charge on any atom is -0.507 e. The largest absolute Gasteiger partial charge is 0.507 e. The molecule has 1 aliphatic heterocycles. The first kappa shape index (κ1) is 27.3. The van der Waals surface area contributed by atoms with Gasteiger partial charge >= 0.3 is 0 Å². The highest BCUT2D eigenvalue weighted by molar-refractivity contribution is 6.46. The Labute approximate surface area is 215 Å². The molecular formula is C29H39N3O4. The molecule has 1 saturated heterocycles. The highest BCUT2D eigenvalue weighted by Crippen LogP contribution is 2.40. The first-order valence-electron chi connectivity index (χ1n) is 12.7. The second-order valence-corrected chi connectivity index (χ2v) is 9.33. The van der Waals surface area contributed by atoms with Crippen molar-refractivity contribution < 1.29 is 19.4 Å². The molecule has 1 N–H and O–H groups in total. The zero-order chi connectivity index (χ0) is 26.4. The number of aliphatic hydroxyl groups excluding tert-OH is 1. The van der Waals surface area contributed by atoms with Gasteiger partial charge in [-0.05, 0) is 67.9 Å². The third kappa shape index (κ3) is 5.73. The zero-order valence-corrected chi connectivity index (χ0v) is 22.4. The number of ketones is 1. The van der Waals surface area contributed by atoms with Gasteiger partial charge in [-0.25, -0.2) is 0 Å². The van der Waals surface area contributed by atoms with E-state index in [0.717, 1.165) is 42.1 Å². The summed E-state index contributed by atoms with van der Waals surface area (Å²) in [5, 5.41) is 11.4. The van der Waals surface area contributed by atoms with E-state index in [9.17, 15) is 14.7 Å². The predicted molar refractivity (Wildman–Crippen MR) is 145 cm³/mol. The van der Waals surface area contributed by atoms with E-state index < -0.39 is 17.7 Å². The third-order valence-electron chi connectivity index (χ3n) is 6.73. The lowest BCUT2D eigenvalue weighted by Crippen LogP contribution is -2.38. The van der Waals surface area contributed by atoms with Crippen molar-refractivity contribution in [3.05, 3.63) is 64.7 Å². The molecule has 36 heavy (non-hydrogen) atoms. The Hall–Kier alpha value is -3.32. The number of aliphatic hydroxyl groups is 1. The molecule has 7 heteroatoms. The van der Waals surface area contributed by atoms with Crippen LogP contribution >= 0.6 is 0 Å². The van der Waals surface area contributed by atoms with E-state index in [4.69, 9.17) is 4.74 Å². The number of likely N-dealkylation sites (N-methyl/N-ethyl adjacent to an activating group) is 1. The van der Waals surface area contributed by atoms with E-state index in [0.29, 0.717) is 25.3 Å². The van der Waals surface area contributed by atoms with E-state index in [1.807, 2.05) is 57.1 Å². The van der Waals surface area contributed by atoms with Crippen LogP contribution in [0.1, 0.15) is 49.9 Å². The molecule has 1 fully saturated rings. The Morgan fingerprint density at radius 1 is 1.03 bits per heavy atom. The maximum Gasteiger partial charge on any atom is 0.295 e. The number of ether oxygens (including phenoxy) is 1. The number of benzene rings is 2. The summed E-state index contributed by atoms with van der Waals surface area (Å²) in [5.41, 5.74) is 3.28. The van der Waals surface area contributed by atoms with Crippen molar-refractivity contribution in [3.8, 4) is 5.75 Å². The Kier molecular flexibility index (Phi) is 9.15. The number of rotatable bonds is 11. The molecule has 0 bridgehead atoms. The molecule has 2 aromatic carbocycles. The van der Waals surface area contributed by atoms with Crippen LogP contribution in [0.25, 0.3) is 5.76 Å². The van der Waals surface area contributed by atoms with Crippen LogP contribution in [-0.2, 0) is 9.59 Å². The Morgan fingerprint density at radius 3 is 2.25 bits per heavy atom. The lowest BCUT2D eigenvalue weighted by molar-refractivity contribution is -0.140. The normalized spacial score (nSPS) is 17.2. The molecule has 0 aromatic heterocycles. The van der Waals surface area contributed by atoms with E-state index >= 15 is 0 Å². The Balaban J connectivity index is 2.08. The molecule has 1 aliphatic rings. The lowest BCUT2D eigenvalue weighted by Gasteiger charge is -2.28. The highest BCUT2D eigenvalue weighted by Gasteiger charge is 2.46. The minimum absolute atomic E-state index is 0.124. The molecule has 2 aromatic rings. The smallest absolute Gasteiger partial charge is 0.295 e. The molecule has 3 rings (SSSR count). The first-order chi connectivity index (χ1) is 17.2. The monoisotopic (exact) mass is 493 g/mol. The number of carbonyl (C=O) groups excluding carboxylic acids is 2. The molecule has 1 atom stereocenters. The van der Waals surface area contributed by atoms with Crippen molar-refractivity contribution in [1.29, 1.82) is 0 Å². The molecule has 0 saturated carbocycles. The van der Waals surface area contributed by atoms with Crippen LogP contribution < -0.4 is 9.64 Å². The number of hydrogen-bond donors (Lipinski definition) is 1. The van der Waals surface area contributed by atoms with Gasteiger partial charge in [0.2, 0.25) is 0 Å². The van der Waals surface area contributed by atoms with E-state index in [1.54, 1.807) is 23.1 Å². The summed E-state index contributed by atoms with van der Waals surface area (Å²) in [5.74, 6) is -0.655. The number of Topliss-reactive ketones (excluding diaryl/α,β-unsaturated/α-hetero) is 1. The molecule has 0 aliphatic carbocycles.